The summed E-state index contributed by atoms with van der Waals surface area (Å²) in [7, 11) is 0. The fourth-order valence-corrected chi connectivity index (χ4v) is 1.55. The van der Waals surface area contributed by atoms with Crippen molar-refractivity contribution in [3.05, 3.63) is 0 Å². The molecule has 0 aliphatic rings. The van der Waals surface area contributed by atoms with Gasteiger partial charge in [-0.15, -0.1) is 0 Å². The lowest BCUT2D eigenvalue weighted by atomic mass is 9.81. The van der Waals surface area contributed by atoms with Gasteiger partial charge in [-0.2, -0.15) is 0 Å². The molecule has 0 saturated carbocycles. The first kappa shape index (κ1) is 16.0. The second-order valence-corrected chi connectivity index (χ2v) is 4.28. The van der Waals surface area contributed by atoms with Crippen LogP contribution in [0, 0.1) is 16.7 Å². The summed E-state index contributed by atoms with van der Waals surface area (Å²) in [5.41, 5.74) is -1.02. The Labute approximate surface area is 108 Å². The van der Waals surface area contributed by atoms with Gasteiger partial charge in [-0.3, -0.25) is 9.59 Å². The maximum Gasteiger partial charge on any atom is 0.319 e. The van der Waals surface area contributed by atoms with Crippen LogP contribution in [0.4, 0.5) is 0 Å². The SMILES string of the molecule is CCOC(=O)C(C)(CCCCC#CCl)C(C)=O. The van der Waals surface area contributed by atoms with Crippen LogP contribution in [0.25, 0.3) is 0 Å². The van der Waals surface area contributed by atoms with E-state index in [2.05, 4.69) is 11.3 Å². The minimum Gasteiger partial charge on any atom is -0.465 e. The third-order valence-corrected chi connectivity index (χ3v) is 2.93. The third-order valence-electron chi connectivity index (χ3n) is 2.80. The van der Waals surface area contributed by atoms with Crippen molar-refractivity contribution in [3.63, 3.8) is 0 Å². The number of halogens is 1. The highest BCUT2D eigenvalue weighted by atomic mass is 35.5. The Bertz CT molecular complexity index is 327. The Balaban J connectivity index is 4.35. The molecule has 0 aliphatic heterocycles. The van der Waals surface area contributed by atoms with E-state index in [9.17, 15) is 9.59 Å². The molecule has 0 amide bonds. The van der Waals surface area contributed by atoms with Gasteiger partial charge in [0, 0.05) is 11.8 Å². The molecule has 0 aromatic rings. The second-order valence-electron chi connectivity index (χ2n) is 4.09. The van der Waals surface area contributed by atoms with Crippen LogP contribution in [0.2, 0.25) is 0 Å². The number of hydrogen-bond acceptors (Lipinski definition) is 3. The lowest BCUT2D eigenvalue weighted by Gasteiger charge is -2.23. The molecular formula is C13H19ClO3. The maximum atomic E-state index is 11.7. The number of ketones is 1. The van der Waals surface area contributed by atoms with Crippen LogP contribution in [0.3, 0.4) is 0 Å². The molecular weight excluding hydrogens is 240 g/mol. The zero-order chi connectivity index (χ0) is 13.3. The van der Waals surface area contributed by atoms with E-state index in [-0.39, 0.29) is 5.78 Å². The van der Waals surface area contributed by atoms with Crippen molar-refractivity contribution in [1.29, 1.82) is 0 Å². The van der Waals surface area contributed by atoms with E-state index in [1.807, 2.05) is 0 Å². The first-order valence-electron chi connectivity index (χ1n) is 5.75. The maximum absolute atomic E-state index is 11.7. The predicted octanol–water partition coefficient (Wildman–Crippen LogP) is 2.90. The van der Waals surface area contributed by atoms with Crippen molar-refractivity contribution in [2.24, 2.45) is 5.41 Å². The van der Waals surface area contributed by atoms with Gasteiger partial charge < -0.3 is 4.74 Å². The van der Waals surface area contributed by atoms with Crippen molar-refractivity contribution in [3.8, 4) is 11.3 Å². The van der Waals surface area contributed by atoms with Crippen molar-refractivity contribution in [1.82, 2.24) is 0 Å². The molecule has 17 heavy (non-hydrogen) atoms. The Kier molecular flexibility index (Phi) is 7.65. The number of Topliss-reactive ketones (excluding diaryl/α,β-unsaturated/α-hetero) is 1. The summed E-state index contributed by atoms with van der Waals surface area (Å²) in [4.78, 5) is 23.3. The van der Waals surface area contributed by atoms with Gasteiger partial charge in [0.25, 0.3) is 0 Å². The third kappa shape index (κ3) is 5.23. The summed E-state index contributed by atoms with van der Waals surface area (Å²) in [6, 6.07) is 0. The molecule has 0 heterocycles. The monoisotopic (exact) mass is 258 g/mol. The standard InChI is InChI=1S/C13H19ClO3/c1-4-17-12(16)13(3,11(2)15)9-7-5-6-8-10-14/h4-7,9H2,1-3H3. The van der Waals surface area contributed by atoms with Gasteiger partial charge in [-0.1, -0.05) is 12.3 Å². The van der Waals surface area contributed by atoms with Crippen molar-refractivity contribution >= 4 is 23.4 Å². The molecule has 96 valence electrons. The molecule has 0 radical (unpaired) electrons. The molecule has 0 N–H and O–H groups in total. The number of esters is 1. The van der Waals surface area contributed by atoms with Gasteiger partial charge in [-0.25, -0.2) is 0 Å². The molecule has 4 heteroatoms. The fourth-order valence-electron chi connectivity index (χ4n) is 1.45. The number of rotatable bonds is 7. The molecule has 0 fully saturated rings. The van der Waals surface area contributed by atoms with Crippen molar-refractivity contribution in [2.45, 2.75) is 46.5 Å². The summed E-state index contributed by atoms with van der Waals surface area (Å²) in [6.45, 7) is 5.09. The molecule has 0 rings (SSSR count). The molecule has 0 spiro atoms. The van der Waals surface area contributed by atoms with Crippen molar-refractivity contribution in [2.75, 3.05) is 6.61 Å². The summed E-state index contributed by atoms with van der Waals surface area (Å²) in [6.07, 6.45) is 2.74. The number of carbonyl (C=O) groups is 2. The van der Waals surface area contributed by atoms with Gasteiger partial charge in [-0.05, 0) is 45.2 Å². The Hall–Kier alpha value is -1.01. The van der Waals surface area contributed by atoms with Gasteiger partial charge in [0.2, 0.25) is 0 Å². The van der Waals surface area contributed by atoms with Crippen LogP contribution in [-0.2, 0) is 14.3 Å². The molecule has 0 bridgehead atoms. The summed E-state index contributed by atoms with van der Waals surface area (Å²) in [5.74, 6) is 2.14. The lowest BCUT2D eigenvalue weighted by Crippen LogP contribution is -2.36. The quantitative estimate of drug-likeness (QED) is 0.305. The molecule has 3 nitrogen and oxygen atoms in total. The zero-order valence-corrected chi connectivity index (χ0v) is 11.4. The highest BCUT2D eigenvalue weighted by Crippen LogP contribution is 2.27. The lowest BCUT2D eigenvalue weighted by molar-refractivity contribution is -0.159. The molecule has 0 aromatic carbocycles. The van der Waals surface area contributed by atoms with Crippen LogP contribution >= 0.6 is 11.6 Å². The van der Waals surface area contributed by atoms with E-state index in [0.29, 0.717) is 19.4 Å². The number of unbranched alkanes of at least 4 members (excludes halogenated alkanes) is 2. The Morgan fingerprint density at radius 3 is 2.47 bits per heavy atom. The van der Waals surface area contributed by atoms with Crippen molar-refractivity contribution < 1.29 is 14.3 Å². The van der Waals surface area contributed by atoms with Crippen LogP contribution in [-0.4, -0.2) is 18.4 Å². The molecule has 0 aromatic heterocycles. The summed E-state index contributed by atoms with van der Waals surface area (Å²) in [5, 5.41) is 2.29. The zero-order valence-electron chi connectivity index (χ0n) is 10.6. The largest absolute Gasteiger partial charge is 0.465 e. The number of hydrogen-bond donors (Lipinski definition) is 0. The van der Waals surface area contributed by atoms with E-state index in [0.717, 1.165) is 12.8 Å². The first-order chi connectivity index (χ1) is 7.99. The van der Waals surface area contributed by atoms with Gasteiger partial charge in [0.05, 0.1) is 6.61 Å². The predicted molar refractivity (Wildman–Crippen MR) is 67.5 cm³/mol. The highest BCUT2D eigenvalue weighted by molar-refractivity contribution is 6.30. The normalized spacial score (nSPS) is 13.2. The molecule has 0 saturated heterocycles. The number of carbonyl (C=O) groups excluding carboxylic acids is 2. The molecule has 1 atom stereocenters. The highest BCUT2D eigenvalue weighted by Gasteiger charge is 2.38. The van der Waals surface area contributed by atoms with E-state index in [1.54, 1.807) is 13.8 Å². The first-order valence-corrected chi connectivity index (χ1v) is 6.13. The summed E-state index contributed by atoms with van der Waals surface area (Å²) < 4.78 is 4.94. The topological polar surface area (TPSA) is 43.4 Å². The van der Waals surface area contributed by atoms with Gasteiger partial charge in [0.1, 0.15) is 11.2 Å². The molecule has 1 unspecified atom stereocenters. The van der Waals surface area contributed by atoms with E-state index in [1.165, 1.54) is 6.92 Å². The van der Waals surface area contributed by atoms with Crippen LogP contribution in [0.15, 0.2) is 0 Å². The Morgan fingerprint density at radius 1 is 1.35 bits per heavy atom. The van der Waals surface area contributed by atoms with Crippen LogP contribution in [0.1, 0.15) is 46.5 Å². The molecule has 0 aliphatic carbocycles. The van der Waals surface area contributed by atoms with Crippen LogP contribution < -0.4 is 0 Å². The average molecular weight is 259 g/mol. The second kappa shape index (κ2) is 8.14. The van der Waals surface area contributed by atoms with E-state index >= 15 is 0 Å². The fraction of sp³-hybridized carbons (Fsp3) is 0.692. The Morgan fingerprint density at radius 2 is 2.00 bits per heavy atom. The minimum absolute atomic E-state index is 0.153. The summed E-state index contributed by atoms with van der Waals surface area (Å²) >= 11 is 5.22. The average Bonchev–Trinajstić information content (AvgIpc) is 2.28. The van der Waals surface area contributed by atoms with Gasteiger partial charge >= 0.3 is 5.97 Å². The van der Waals surface area contributed by atoms with E-state index in [4.69, 9.17) is 16.3 Å². The minimum atomic E-state index is -1.02. The smallest absolute Gasteiger partial charge is 0.319 e. The van der Waals surface area contributed by atoms with Gasteiger partial charge in [0.15, 0.2) is 0 Å². The van der Waals surface area contributed by atoms with Crippen LogP contribution in [0.5, 0.6) is 0 Å². The van der Waals surface area contributed by atoms with E-state index < -0.39 is 11.4 Å². The number of ether oxygens (including phenoxy) is 1.